The average Bonchev–Trinajstić information content (AvgIpc) is 2.78. The molecule has 0 aromatic heterocycles. The number of rotatable bonds is 3. The predicted molar refractivity (Wildman–Crippen MR) is 62.4 cm³/mol. The topological polar surface area (TPSA) is 21.7 Å². The molecule has 4 heterocycles. The van der Waals surface area contributed by atoms with Crippen LogP contribution in [0.25, 0.3) is 0 Å². The van der Waals surface area contributed by atoms with E-state index in [1.807, 2.05) is 7.11 Å². The zero-order valence-electron chi connectivity index (χ0n) is 10.2. The van der Waals surface area contributed by atoms with Crippen molar-refractivity contribution in [1.82, 2.24) is 4.90 Å². The van der Waals surface area contributed by atoms with E-state index in [0.29, 0.717) is 12.0 Å². The first-order valence-electron chi connectivity index (χ1n) is 6.71. The molecule has 4 fully saturated rings. The van der Waals surface area contributed by atoms with E-state index >= 15 is 0 Å². The Morgan fingerprint density at radius 3 is 2.69 bits per heavy atom. The highest BCUT2D eigenvalue weighted by molar-refractivity contribution is 4.90. The molecule has 0 aromatic rings. The summed E-state index contributed by atoms with van der Waals surface area (Å²) in [5.41, 5.74) is 0. The summed E-state index contributed by atoms with van der Waals surface area (Å²) in [7, 11) is 1.82. The van der Waals surface area contributed by atoms with Crippen LogP contribution in [0.5, 0.6) is 0 Å². The molecule has 3 heteroatoms. The molecule has 92 valence electrons. The van der Waals surface area contributed by atoms with E-state index in [9.17, 15) is 0 Å². The van der Waals surface area contributed by atoms with Gasteiger partial charge in [-0.25, -0.2) is 0 Å². The van der Waals surface area contributed by atoms with Crippen molar-refractivity contribution in [3.05, 3.63) is 0 Å². The first-order chi connectivity index (χ1) is 7.86. The van der Waals surface area contributed by atoms with Crippen molar-refractivity contribution < 1.29 is 9.47 Å². The molecule has 0 aliphatic carbocycles. The third-order valence-corrected chi connectivity index (χ3v) is 4.79. The number of nitrogens with zero attached hydrogens (tertiary/aromatic N) is 1. The summed E-state index contributed by atoms with van der Waals surface area (Å²) in [5.74, 6) is 1.65. The van der Waals surface area contributed by atoms with Gasteiger partial charge in [0.25, 0.3) is 0 Å². The van der Waals surface area contributed by atoms with Gasteiger partial charge in [0.2, 0.25) is 0 Å². The van der Waals surface area contributed by atoms with E-state index in [4.69, 9.17) is 9.47 Å². The summed E-state index contributed by atoms with van der Waals surface area (Å²) in [5, 5.41) is 0. The maximum Gasteiger partial charge on any atom is 0.0855 e. The van der Waals surface area contributed by atoms with Crippen LogP contribution in [0, 0.1) is 11.8 Å². The maximum absolute atomic E-state index is 5.54. The fourth-order valence-electron chi connectivity index (χ4n) is 3.74. The SMILES string of the molecule is COC1COCC1CC1CC2CCN1CC2. The van der Waals surface area contributed by atoms with Crippen LogP contribution in [-0.4, -0.2) is 50.5 Å². The average molecular weight is 225 g/mol. The normalized spacial score (nSPS) is 47.4. The number of methoxy groups -OCH3 is 1. The van der Waals surface area contributed by atoms with E-state index in [0.717, 1.165) is 25.2 Å². The van der Waals surface area contributed by atoms with Gasteiger partial charge in [-0.3, -0.25) is 0 Å². The van der Waals surface area contributed by atoms with Crippen LogP contribution in [0.2, 0.25) is 0 Å². The number of hydrogen-bond donors (Lipinski definition) is 0. The van der Waals surface area contributed by atoms with Gasteiger partial charge < -0.3 is 14.4 Å². The van der Waals surface area contributed by atoms with Crippen molar-refractivity contribution in [2.24, 2.45) is 11.8 Å². The lowest BCUT2D eigenvalue weighted by molar-refractivity contribution is 0.0156. The molecule has 0 spiro atoms. The van der Waals surface area contributed by atoms with Crippen molar-refractivity contribution in [3.63, 3.8) is 0 Å². The van der Waals surface area contributed by atoms with Gasteiger partial charge in [0.15, 0.2) is 0 Å². The zero-order valence-corrected chi connectivity index (χ0v) is 10.2. The first kappa shape index (κ1) is 11.0. The fraction of sp³-hybridized carbons (Fsp3) is 1.00. The Morgan fingerprint density at radius 2 is 2.06 bits per heavy atom. The fourth-order valence-corrected chi connectivity index (χ4v) is 3.74. The Morgan fingerprint density at radius 1 is 1.25 bits per heavy atom. The van der Waals surface area contributed by atoms with Crippen molar-refractivity contribution >= 4 is 0 Å². The third kappa shape index (κ3) is 2.01. The standard InChI is InChI=1S/C13H23NO2/c1-15-13-9-16-8-11(13)7-12-6-10-2-4-14(12)5-3-10/h10-13H,2-9H2,1H3. The van der Waals surface area contributed by atoms with Gasteiger partial charge in [0, 0.05) is 19.1 Å². The molecule has 0 aromatic carbocycles. The van der Waals surface area contributed by atoms with E-state index in [2.05, 4.69) is 4.90 Å². The van der Waals surface area contributed by atoms with Crippen molar-refractivity contribution in [3.8, 4) is 0 Å². The molecule has 2 bridgehead atoms. The minimum Gasteiger partial charge on any atom is -0.379 e. The highest BCUT2D eigenvalue weighted by atomic mass is 16.5. The summed E-state index contributed by atoms with van der Waals surface area (Å²) < 4.78 is 11.0. The molecule has 0 amide bonds. The van der Waals surface area contributed by atoms with Crippen LogP contribution in [0.15, 0.2) is 0 Å². The van der Waals surface area contributed by atoms with Crippen LogP contribution in [0.4, 0.5) is 0 Å². The molecule has 0 radical (unpaired) electrons. The van der Waals surface area contributed by atoms with Crippen LogP contribution in [0.3, 0.4) is 0 Å². The van der Waals surface area contributed by atoms with Gasteiger partial charge in [0.1, 0.15) is 0 Å². The molecule has 3 unspecified atom stereocenters. The Bertz CT molecular complexity index is 238. The number of hydrogen-bond acceptors (Lipinski definition) is 3. The summed E-state index contributed by atoms with van der Waals surface area (Å²) in [6, 6.07) is 0.817. The molecule has 4 rings (SSSR count). The van der Waals surface area contributed by atoms with Gasteiger partial charge in [0.05, 0.1) is 19.3 Å². The molecule has 3 atom stereocenters. The molecule has 3 nitrogen and oxygen atoms in total. The monoisotopic (exact) mass is 225 g/mol. The number of fused-ring (bicyclic) bond motifs is 3. The molecule has 4 saturated heterocycles. The van der Waals surface area contributed by atoms with E-state index < -0.39 is 0 Å². The van der Waals surface area contributed by atoms with Crippen molar-refractivity contribution in [2.75, 3.05) is 33.4 Å². The molecule has 0 saturated carbocycles. The van der Waals surface area contributed by atoms with Crippen LogP contribution >= 0.6 is 0 Å². The molecule has 4 aliphatic rings. The van der Waals surface area contributed by atoms with Crippen molar-refractivity contribution in [1.29, 1.82) is 0 Å². The van der Waals surface area contributed by atoms with Gasteiger partial charge >= 0.3 is 0 Å². The van der Waals surface area contributed by atoms with Crippen LogP contribution in [-0.2, 0) is 9.47 Å². The molecular formula is C13H23NO2. The minimum absolute atomic E-state index is 0.349. The Balaban J connectivity index is 1.58. The Hall–Kier alpha value is -0.120. The van der Waals surface area contributed by atoms with Crippen LogP contribution in [0.1, 0.15) is 25.7 Å². The summed E-state index contributed by atoms with van der Waals surface area (Å²) >= 11 is 0. The lowest BCUT2D eigenvalue weighted by Gasteiger charge is -2.46. The van der Waals surface area contributed by atoms with Gasteiger partial charge in [-0.2, -0.15) is 0 Å². The molecule has 4 aliphatic heterocycles. The highest BCUT2D eigenvalue weighted by Gasteiger charge is 2.37. The summed E-state index contributed by atoms with van der Waals surface area (Å²) in [6.45, 7) is 4.38. The predicted octanol–water partition coefficient (Wildman–Crippen LogP) is 1.52. The maximum atomic E-state index is 5.54. The summed E-state index contributed by atoms with van der Waals surface area (Å²) in [4.78, 5) is 2.70. The third-order valence-electron chi connectivity index (χ3n) is 4.79. The largest absolute Gasteiger partial charge is 0.379 e. The van der Waals surface area contributed by atoms with Gasteiger partial charge in [-0.1, -0.05) is 0 Å². The second-order valence-corrected chi connectivity index (χ2v) is 5.68. The Kier molecular flexibility index (Phi) is 3.18. The molecule has 16 heavy (non-hydrogen) atoms. The quantitative estimate of drug-likeness (QED) is 0.727. The number of piperidine rings is 3. The van der Waals surface area contributed by atoms with E-state index in [1.165, 1.54) is 38.8 Å². The minimum atomic E-state index is 0.349. The zero-order chi connectivity index (χ0) is 11.0. The lowest BCUT2D eigenvalue weighted by Crippen LogP contribution is -2.49. The van der Waals surface area contributed by atoms with Crippen molar-refractivity contribution in [2.45, 2.75) is 37.8 Å². The van der Waals surface area contributed by atoms with Crippen LogP contribution < -0.4 is 0 Å². The van der Waals surface area contributed by atoms with Gasteiger partial charge in [-0.15, -0.1) is 0 Å². The summed E-state index contributed by atoms with van der Waals surface area (Å²) in [6.07, 6.45) is 5.93. The smallest absolute Gasteiger partial charge is 0.0855 e. The second-order valence-electron chi connectivity index (χ2n) is 5.68. The Labute approximate surface area is 98.1 Å². The van der Waals surface area contributed by atoms with Gasteiger partial charge in [-0.05, 0) is 44.7 Å². The highest BCUT2D eigenvalue weighted by Crippen LogP contribution is 2.36. The first-order valence-corrected chi connectivity index (χ1v) is 6.71. The lowest BCUT2D eigenvalue weighted by atomic mass is 9.80. The van der Waals surface area contributed by atoms with E-state index in [-0.39, 0.29) is 0 Å². The molecular weight excluding hydrogens is 202 g/mol. The molecule has 0 N–H and O–H groups in total. The van der Waals surface area contributed by atoms with E-state index in [1.54, 1.807) is 0 Å². The number of ether oxygens (including phenoxy) is 2. The second kappa shape index (κ2) is 4.63.